The fourth-order valence-electron chi connectivity index (χ4n) is 2.40. The number of rotatable bonds is 5. The van der Waals surface area contributed by atoms with Crippen molar-refractivity contribution >= 4 is 5.97 Å². The van der Waals surface area contributed by atoms with Gasteiger partial charge >= 0.3 is 5.97 Å². The van der Waals surface area contributed by atoms with Crippen LogP contribution in [0.4, 0.5) is 0 Å². The highest BCUT2D eigenvalue weighted by Crippen LogP contribution is 2.40. The summed E-state index contributed by atoms with van der Waals surface area (Å²) in [6.07, 6.45) is 2.90. The molecule has 5 nitrogen and oxygen atoms in total. The minimum atomic E-state index is -1.26. The molecule has 0 aliphatic heterocycles. The summed E-state index contributed by atoms with van der Waals surface area (Å²) in [5, 5.41) is 14.4. The molecule has 1 aromatic carbocycles. The monoisotopic (exact) mass is 286 g/mol. The number of aliphatic hydroxyl groups is 1. The van der Waals surface area contributed by atoms with Crippen molar-refractivity contribution in [2.75, 3.05) is 6.61 Å². The van der Waals surface area contributed by atoms with Crippen LogP contribution in [0, 0.1) is 0 Å². The molecule has 1 aliphatic carbocycles. The van der Waals surface area contributed by atoms with Gasteiger partial charge in [-0.25, -0.2) is 9.48 Å². The van der Waals surface area contributed by atoms with E-state index in [0.717, 1.165) is 5.69 Å². The van der Waals surface area contributed by atoms with Gasteiger partial charge in [-0.15, -0.1) is 0 Å². The molecule has 3 rings (SSSR count). The molecule has 1 atom stereocenters. The van der Waals surface area contributed by atoms with E-state index in [2.05, 4.69) is 5.10 Å². The Bertz CT molecular complexity index is 646. The highest BCUT2D eigenvalue weighted by molar-refractivity contribution is 5.76. The van der Waals surface area contributed by atoms with Gasteiger partial charge in [-0.05, 0) is 43.5 Å². The SMILES string of the molecule is CCOC(=O)C(O)c1cccc(-n2nccc2C2CC2)c1. The van der Waals surface area contributed by atoms with Gasteiger partial charge in [0.15, 0.2) is 6.10 Å². The Morgan fingerprint density at radius 3 is 3.00 bits per heavy atom. The Labute approximate surface area is 123 Å². The number of ether oxygens (including phenoxy) is 1. The van der Waals surface area contributed by atoms with Crippen LogP contribution in [0.2, 0.25) is 0 Å². The molecule has 21 heavy (non-hydrogen) atoms. The van der Waals surface area contributed by atoms with Crippen molar-refractivity contribution in [2.24, 2.45) is 0 Å². The zero-order chi connectivity index (χ0) is 14.8. The molecular formula is C16H18N2O3. The molecule has 0 saturated heterocycles. The van der Waals surface area contributed by atoms with Gasteiger partial charge in [0, 0.05) is 17.8 Å². The first-order valence-electron chi connectivity index (χ1n) is 7.19. The van der Waals surface area contributed by atoms with E-state index in [-0.39, 0.29) is 6.61 Å². The summed E-state index contributed by atoms with van der Waals surface area (Å²) in [6, 6.07) is 9.24. The molecule has 0 spiro atoms. The lowest BCUT2D eigenvalue weighted by molar-refractivity contribution is -0.153. The van der Waals surface area contributed by atoms with Crippen molar-refractivity contribution in [3.8, 4) is 5.69 Å². The second-order valence-electron chi connectivity index (χ2n) is 5.19. The van der Waals surface area contributed by atoms with Gasteiger partial charge in [-0.3, -0.25) is 0 Å². The lowest BCUT2D eigenvalue weighted by atomic mass is 10.1. The van der Waals surface area contributed by atoms with E-state index in [0.29, 0.717) is 11.5 Å². The molecule has 110 valence electrons. The average Bonchev–Trinajstić information content (AvgIpc) is 3.24. The van der Waals surface area contributed by atoms with E-state index in [9.17, 15) is 9.90 Å². The van der Waals surface area contributed by atoms with E-state index in [1.807, 2.05) is 22.9 Å². The smallest absolute Gasteiger partial charge is 0.339 e. The van der Waals surface area contributed by atoms with Crippen LogP contribution in [0.15, 0.2) is 36.5 Å². The van der Waals surface area contributed by atoms with Crippen molar-refractivity contribution in [3.05, 3.63) is 47.8 Å². The van der Waals surface area contributed by atoms with Crippen LogP contribution in [0.3, 0.4) is 0 Å². The molecule has 2 aromatic rings. The van der Waals surface area contributed by atoms with Crippen LogP contribution in [0.1, 0.15) is 43.0 Å². The second kappa shape index (κ2) is 5.69. The number of carbonyl (C=O) groups is 1. The highest BCUT2D eigenvalue weighted by Gasteiger charge is 2.27. The molecule has 0 bridgehead atoms. The van der Waals surface area contributed by atoms with Crippen molar-refractivity contribution in [1.82, 2.24) is 9.78 Å². The number of aromatic nitrogens is 2. The quantitative estimate of drug-likeness (QED) is 0.857. The van der Waals surface area contributed by atoms with Crippen molar-refractivity contribution in [2.45, 2.75) is 31.8 Å². The van der Waals surface area contributed by atoms with E-state index < -0.39 is 12.1 Å². The summed E-state index contributed by atoms with van der Waals surface area (Å²) in [6.45, 7) is 1.97. The molecule has 1 unspecified atom stereocenters. The molecule has 1 N–H and O–H groups in total. The number of aliphatic hydroxyl groups excluding tert-OH is 1. The Morgan fingerprint density at radius 2 is 2.29 bits per heavy atom. The fourth-order valence-corrected chi connectivity index (χ4v) is 2.40. The van der Waals surface area contributed by atoms with E-state index in [1.54, 1.807) is 25.3 Å². The lowest BCUT2D eigenvalue weighted by Gasteiger charge is -2.12. The molecule has 1 saturated carbocycles. The molecular weight excluding hydrogens is 268 g/mol. The van der Waals surface area contributed by atoms with Gasteiger partial charge in [0.2, 0.25) is 0 Å². The normalized spacial score (nSPS) is 15.7. The fraction of sp³-hybridized carbons (Fsp3) is 0.375. The van der Waals surface area contributed by atoms with Crippen molar-refractivity contribution in [3.63, 3.8) is 0 Å². The summed E-state index contributed by atoms with van der Waals surface area (Å²) < 4.78 is 6.72. The van der Waals surface area contributed by atoms with Crippen LogP contribution >= 0.6 is 0 Å². The molecule has 1 aliphatic rings. The molecule has 1 aromatic heterocycles. The third kappa shape index (κ3) is 2.83. The summed E-state index contributed by atoms with van der Waals surface area (Å²) in [5.41, 5.74) is 2.55. The minimum Gasteiger partial charge on any atom is -0.464 e. The Kier molecular flexibility index (Phi) is 3.75. The first kappa shape index (κ1) is 13.8. The number of benzene rings is 1. The Morgan fingerprint density at radius 1 is 1.48 bits per heavy atom. The van der Waals surface area contributed by atoms with Crippen LogP contribution in [-0.4, -0.2) is 27.5 Å². The number of hydrogen-bond acceptors (Lipinski definition) is 4. The Hall–Kier alpha value is -2.14. The number of carbonyl (C=O) groups excluding carboxylic acids is 1. The maximum atomic E-state index is 11.6. The summed E-state index contributed by atoms with van der Waals surface area (Å²) in [7, 11) is 0. The van der Waals surface area contributed by atoms with Gasteiger partial charge in [-0.2, -0.15) is 5.10 Å². The topological polar surface area (TPSA) is 64.3 Å². The first-order valence-corrected chi connectivity index (χ1v) is 7.19. The molecule has 0 amide bonds. The summed E-state index contributed by atoms with van der Waals surface area (Å²) >= 11 is 0. The zero-order valence-corrected chi connectivity index (χ0v) is 11.9. The van der Waals surface area contributed by atoms with Gasteiger partial charge in [0.25, 0.3) is 0 Å². The standard InChI is InChI=1S/C16H18N2O3/c1-2-21-16(20)15(19)12-4-3-5-13(10-12)18-14(8-9-17-18)11-6-7-11/h3-5,8-11,15,19H,2,6-7H2,1H3. The van der Waals surface area contributed by atoms with Crippen molar-refractivity contribution < 1.29 is 14.6 Å². The zero-order valence-electron chi connectivity index (χ0n) is 11.9. The maximum Gasteiger partial charge on any atom is 0.339 e. The van der Waals surface area contributed by atoms with Gasteiger partial charge in [-0.1, -0.05) is 12.1 Å². The largest absolute Gasteiger partial charge is 0.464 e. The van der Waals surface area contributed by atoms with Crippen LogP contribution in [0.25, 0.3) is 5.69 Å². The highest BCUT2D eigenvalue weighted by atomic mass is 16.5. The van der Waals surface area contributed by atoms with Gasteiger partial charge < -0.3 is 9.84 Å². The van der Waals surface area contributed by atoms with Crippen LogP contribution in [-0.2, 0) is 9.53 Å². The predicted octanol–water partition coefficient (Wildman–Crippen LogP) is 2.35. The third-order valence-corrected chi connectivity index (χ3v) is 3.61. The van der Waals surface area contributed by atoms with Gasteiger partial charge in [0.1, 0.15) is 0 Å². The predicted molar refractivity (Wildman–Crippen MR) is 77.1 cm³/mol. The molecule has 1 fully saturated rings. The van der Waals surface area contributed by atoms with Gasteiger partial charge in [0.05, 0.1) is 12.3 Å². The van der Waals surface area contributed by atoms with E-state index >= 15 is 0 Å². The summed E-state index contributed by atoms with van der Waals surface area (Å²) in [5.74, 6) is -0.0522. The Balaban J connectivity index is 1.89. The molecule has 5 heteroatoms. The number of nitrogens with zero attached hydrogens (tertiary/aromatic N) is 2. The summed E-state index contributed by atoms with van der Waals surface area (Å²) in [4.78, 5) is 11.6. The van der Waals surface area contributed by atoms with E-state index in [1.165, 1.54) is 18.5 Å². The third-order valence-electron chi connectivity index (χ3n) is 3.61. The van der Waals surface area contributed by atoms with Crippen molar-refractivity contribution in [1.29, 1.82) is 0 Å². The minimum absolute atomic E-state index is 0.251. The molecule has 1 heterocycles. The molecule has 0 radical (unpaired) electrons. The van der Waals surface area contributed by atoms with Crippen LogP contribution < -0.4 is 0 Å². The second-order valence-corrected chi connectivity index (χ2v) is 5.19. The lowest BCUT2D eigenvalue weighted by Crippen LogP contribution is -2.15. The number of hydrogen-bond donors (Lipinski definition) is 1. The maximum absolute atomic E-state index is 11.6. The van der Waals surface area contributed by atoms with E-state index in [4.69, 9.17) is 4.74 Å². The average molecular weight is 286 g/mol. The number of esters is 1. The first-order chi connectivity index (χ1) is 10.2. The van der Waals surface area contributed by atoms with Crippen LogP contribution in [0.5, 0.6) is 0 Å².